The summed E-state index contributed by atoms with van der Waals surface area (Å²) in [5.74, 6) is -1.10. The molecule has 0 saturated heterocycles. The number of aliphatic hydroxyl groups is 3. The van der Waals surface area contributed by atoms with Gasteiger partial charge >= 0.3 is 5.97 Å². The van der Waals surface area contributed by atoms with Gasteiger partial charge in [-0.15, -0.1) is 0 Å². The third-order valence-electron chi connectivity index (χ3n) is 1.79. The first-order chi connectivity index (χ1) is 5.52. The summed E-state index contributed by atoms with van der Waals surface area (Å²) < 4.78 is 0. The smallest absolute Gasteiger partial charge is 0.307 e. The van der Waals surface area contributed by atoms with Gasteiger partial charge in [0, 0.05) is 0 Å². The number of hydrogen-bond donors (Lipinski definition) is 4. The van der Waals surface area contributed by atoms with E-state index in [1.165, 1.54) is 6.08 Å². The van der Waals surface area contributed by atoms with Crippen LogP contribution in [0, 0.1) is 0 Å². The van der Waals surface area contributed by atoms with E-state index >= 15 is 0 Å². The number of aliphatic hydroxyl groups excluding tert-OH is 3. The maximum Gasteiger partial charge on any atom is 0.307 e. The van der Waals surface area contributed by atoms with Gasteiger partial charge in [-0.1, -0.05) is 6.08 Å². The Hall–Kier alpha value is -0.910. The molecule has 0 heterocycles. The topological polar surface area (TPSA) is 98.0 Å². The van der Waals surface area contributed by atoms with Crippen molar-refractivity contribution in [1.82, 2.24) is 0 Å². The van der Waals surface area contributed by atoms with E-state index in [0.29, 0.717) is 0 Å². The van der Waals surface area contributed by atoms with Gasteiger partial charge in [0.2, 0.25) is 0 Å². The van der Waals surface area contributed by atoms with Gasteiger partial charge in [-0.05, 0) is 5.57 Å². The molecule has 0 amide bonds. The molecule has 0 radical (unpaired) electrons. The fourth-order valence-corrected chi connectivity index (χ4v) is 1.16. The number of carboxylic acid groups (broad SMARTS) is 1. The van der Waals surface area contributed by atoms with E-state index in [0.717, 1.165) is 0 Å². The van der Waals surface area contributed by atoms with Crippen molar-refractivity contribution in [3.8, 4) is 0 Å². The Balaban J connectivity index is 2.66. The highest BCUT2D eigenvalue weighted by molar-refractivity contribution is 5.70. The number of carbonyl (C=O) groups is 1. The van der Waals surface area contributed by atoms with Gasteiger partial charge in [0.1, 0.15) is 18.3 Å². The monoisotopic (exact) mass is 174 g/mol. The van der Waals surface area contributed by atoms with Crippen molar-refractivity contribution in [1.29, 1.82) is 0 Å². The second-order valence-corrected chi connectivity index (χ2v) is 2.74. The Morgan fingerprint density at radius 3 is 2.33 bits per heavy atom. The van der Waals surface area contributed by atoms with Crippen LogP contribution in [0.3, 0.4) is 0 Å². The molecule has 1 aliphatic carbocycles. The number of hydrogen-bond acceptors (Lipinski definition) is 4. The molecular weight excluding hydrogens is 164 g/mol. The third-order valence-corrected chi connectivity index (χ3v) is 1.79. The second kappa shape index (κ2) is 3.22. The van der Waals surface area contributed by atoms with Crippen molar-refractivity contribution in [2.24, 2.45) is 0 Å². The van der Waals surface area contributed by atoms with Gasteiger partial charge in [0.05, 0.1) is 6.42 Å². The fourth-order valence-electron chi connectivity index (χ4n) is 1.16. The highest BCUT2D eigenvalue weighted by Crippen LogP contribution is 2.22. The lowest BCUT2D eigenvalue weighted by Gasteiger charge is -2.12. The molecular formula is C7H10O5. The van der Waals surface area contributed by atoms with Crippen molar-refractivity contribution in [3.05, 3.63) is 11.6 Å². The van der Waals surface area contributed by atoms with Gasteiger partial charge in [-0.3, -0.25) is 4.79 Å². The maximum atomic E-state index is 10.2. The molecule has 0 aromatic rings. The molecule has 4 N–H and O–H groups in total. The predicted molar refractivity (Wildman–Crippen MR) is 38.4 cm³/mol. The largest absolute Gasteiger partial charge is 0.481 e. The van der Waals surface area contributed by atoms with E-state index in [-0.39, 0.29) is 12.0 Å². The molecule has 3 atom stereocenters. The third kappa shape index (κ3) is 1.63. The Kier molecular flexibility index (Phi) is 2.46. The highest BCUT2D eigenvalue weighted by Gasteiger charge is 2.33. The van der Waals surface area contributed by atoms with Gasteiger partial charge in [-0.2, -0.15) is 0 Å². The average molecular weight is 174 g/mol. The van der Waals surface area contributed by atoms with Crippen LogP contribution in [-0.2, 0) is 4.79 Å². The first kappa shape index (κ1) is 9.18. The lowest BCUT2D eigenvalue weighted by molar-refractivity contribution is -0.136. The van der Waals surface area contributed by atoms with Crippen molar-refractivity contribution in [2.75, 3.05) is 0 Å². The van der Waals surface area contributed by atoms with Crippen molar-refractivity contribution in [2.45, 2.75) is 24.7 Å². The van der Waals surface area contributed by atoms with Crippen LogP contribution in [0.15, 0.2) is 11.6 Å². The number of rotatable bonds is 2. The fraction of sp³-hybridized carbons (Fsp3) is 0.571. The quantitative estimate of drug-likeness (QED) is 0.381. The molecule has 1 aliphatic rings. The molecule has 0 spiro atoms. The molecule has 0 unspecified atom stereocenters. The molecule has 12 heavy (non-hydrogen) atoms. The van der Waals surface area contributed by atoms with Crippen molar-refractivity contribution >= 4 is 5.97 Å². The summed E-state index contributed by atoms with van der Waals surface area (Å²) in [6, 6.07) is 0. The summed E-state index contributed by atoms with van der Waals surface area (Å²) in [7, 11) is 0. The van der Waals surface area contributed by atoms with E-state index in [1.807, 2.05) is 0 Å². The van der Waals surface area contributed by atoms with Crippen molar-refractivity contribution < 1.29 is 25.2 Å². The second-order valence-electron chi connectivity index (χ2n) is 2.74. The Morgan fingerprint density at radius 2 is 2.00 bits per heavy atom. The van der Waals surface area contributed by atoms with Crippen LogP contribution in [0.5, 0.6) is 0 Å². The minimum atomic E-state index is -1.29. The minimum absolute atomic E-state index is 0.155. The molecule has 0 fully saturated rings. The van der Waals surface area contributed by atoms with Crippen molar-refractivity contribution in [3.63, 3.8) is 0 Å². The van der Waals surface area contributed by atoms with E-state index in [2.05, 4.69) is 0 Å². The molecule has 0 saturated carbocycles. The number of aliphatic carboxylic acids is 1. The molecule has 0 aliphatic heterocycles. The Morgan fingerprint density at radius 1 is 1.42 bits per heavy atom. The van der Waals surface area contributed by atoms with E-state index in [1.54, 1.807) is 0 Å². The number of carboxylic acids is 1. The Bertz CT molecular complexity index is 222. The van der Waals surface area contributed by atoms with Gasteiger partial charge in [0.25, 0.3) is 0 Å². The van der Waals surface area contributed by atoms with E-state index in [9.17, 15) is 4.79 Å². The van der Waals surface area contributed by atoms with E-state index in [4.69, 9.17) is 20.4 Å². The zero-order valence-corrected chi connectivity index (χ0v) is 6.21. The van der Waals surface area contributed by atoms with Crippen LogP contribution in [0.4, 0.5) is 0 Å². The lowest BCUT2D eigenvalue weighted by atomic mass is 10.1. The van der Waals surface area contributed by atoms with Gasteiger partial charge < -0.3 is 20.4 Å². The summed E-state index contributed by atoms with van der Waals surface area (Å²) in [6.07, 6.45) is -2.89. The average Bonchev–Trinajstić information content (AvgIpc) is 2.17. The lowest BCUT2D eigenvalue weighted by Crippen LogP contribution is -2.31. The molecule has 68 valence electrons. The molecule has 5 nitrogen and oxygen atoms in total. The maximum absolute atomic E-state index is 10.2. The van der Waals surface area contributed by atoms with Crippen LogP contribution in [-0.4, -0.2) is 44.7 Å². The first-order valence-corrected chi connectivity index (χ1v) is 3.49. The summed E-state index contributed by atoms with van der Waals surface area (Å²) in [5, 5.41) is 35.5. The SMILES string of the molecule is O=C(O)CC1=C[C@@H](O)[C@H](O)[C@@H]1O. The van der Waals surface area contributed by atoms with E-state index < -0.39 is 24.3 Å². The zero-order valence-electron chi connectivity index (χ0n) is 6.21. The minimum Gasteiger partial charge on any atom is -0.481 e. The van der Waals surface area contributed by atoms with Crippen LogP contribution >= 0.6 is 0 Å². The normalized spacial score (nSPS) is 34.9. The predicted octanol–water partition coefficient (Wildman–Crippen LogP) is -1.52. The standard InChI is InChI=1S/C7H10O5/c8-4-1-3(2-5(9)10)6(11)7(4)12/h1,4,6-8,11-12H,2H2,(H,9,10)/t4-,6-,7+/m1/s1. The summed E-state index contributed by atoms with van der Waals surface area (Å²) in [4.78, 5) is 10.2. The summed E-state index contributed by atoms with van der Waals surface area (Å²) >= 11 is 0. The zero-order chi connectivity index (χ0) is 9.30. The van der Waals surface area contributed by atoms with Crippen LogP contribution < -0.4 is 0 Å². The van der Waals surface area contributed by atoms with Crippen LogP contribution in [0.25, 0.3) is 0 Å². The summed E-state index contributed by atoms with van der Waals surface area (Å²) in [6.45, 7) is 0. The molecule has 0 aromatic carbocycles. The highest BCUT2D eigenvalue weighted by atomic mass is 16.4. The van der Waals surface area contributed by atoms with Gasteiger partial charge in [-0.25, -0.2) is 0 Å². The van der Waals surface area contributed by atoms with Crippen LogP contribution in [0.1, 0.15) is 6.42 Å². The van der Waals surface area contributed by atoms with Crippen LogP contribution in [0.2, 0.25) is 0 Å². The molecule has 1 rings (SSSR count). The Labute approximate surface area is 68.6 Å². The molecule has 5 heteroatoms. The first-order valence-electron chi connectivity index (χ1n) is 3.49. The molecule has 0 aromatic heterocycles. The van der Waals surface area contributed by atoms with Gasteiger partial charge in [0.15, 0.2) is 0 Å². The summed E-state index contributed by atoms with van der Waals surface area (Å²) in [5.41, 5.74) is 0.155. The molecule has 0 bridgehead atoms.